The molecule has 1 fully saturated rings. The zero-order chi connectivity index (χ0) is 22.3. The molecule has 0 radical (unpaired) electrons. The maximum atomic E-state index is 12.6. The Morgan fingerprint density at radius 1 is 1.19 bits per heavy atom. The number of hydrogen-bond acceptors (Lipinski definition) is 9. The van der Waals surface area contributed by atoms with Crippen LogP contribution in [0.4, 0.5) is 0 Å². The van der Waals surface area contributed by atoms with E-state index in [1.54, 1.807) is 18.2 Å². The molecule has 2 aromatic rings. The Kier molecular flexibility index (Phi) is 5.25. The van der Waals surface area contributed by atoms with Gasteiger partial charge in [0.1, 0.15) is 23.6 Å². The van der Waals surface area contributed by atoms with E-state index >= 15 is 0 Å². The van der Waals surface area contributed by atoms with Crippen molar-refractivity contribution in [2.45, 2.75) is 24.9 Å². The van der Waals surface area contributed by atoms with Crippen LogP contribution < -0.4 is 20.2 Å². The van der Waals surface area contributed by atoms with Crippen LogP contribution in [0.5, 0.6) is 17.2 Å². The number of aromatic hydroxyl groups is 1. The summed E-state index contributed by atoms with van der Waals surface area (Å²) in [5, 5.41) is 40.6. The van der Waals surface area contributed by atoms with Crippen LogP contribution in [0.3, 0.4) is 0 Å². The summed E-state index contributed by atoms with van der Waals surface area (Å²) < 4.78 is 10.8. The fourth-order valence-electron chi connectivity index (χ4n) is 3.72. The quantitative estimate of drug-likeness (QED) is 0.433. The topological polar surface area (TPSA) is 166 Å². The van der Waals surface area contributed by atoms with Gasteiger partial charge < -0.3 is 45.1 Å². The van der Waals surface area contributed by atoms with E-state index in [-0.39, 0.29) is 49.0 Å². The molecule has 5 N–H and O–H groups in total. The number of rotatable bonds is 5. The number of likely N-dealkylation sites (tertiary alicyclic amines) is 1. The zero-order valence-electron chi connectivity index (χ0n) is 16.4. The number of nitrogens with two attached hydrogens (primary N) is 1. The van der Waals surface area contributed by atoms with Crippen LogP contribution >= 0.6 is 0 Å². The molecule has 1 saturated heterocycles. The first-order valence-electron chi connectivity index (χ1n) is 9.81. The summed E-state index contributed by atoms with van der Waals surface area (Å²) in [6.45, 7) is -2.76. The van der Waals surface area contributed by atoms with Crippen LogP contribution in [0.2, 0.25) is 6.32 Å². The van der Waals surface area contributed by atoms with Gasteiger partial charge in [-0.15, -0.1) is 0 Å². The lowest BCUT2D eigenvalue weighted by atomic mass is 9.70. The lowest BCUT2D eigenvalue weighted by molar-refractivity contribution is -0.255. The average molecular weight is 428 g/mol. The molecule has 31 heavy (non-hydrogen) atoms. The van der Waals surface area contributed by atoms with Crippen molar-refractivity contribution < 1.29 is 39.2 Å². The highest BCUT2D eigenvalue weighted by Gasteiger charge is 2.37. The Bertz CT molecular complexity index is 1020. The van der Waals surface area contributed by atoms with E-state index in [9.17, 15) is 29.9 Å². The highest BCUT2D eigenvalue weighted by Crippen LogP contribution is 2.38. The van der Waals surface area contributed by atoms with E-state index in [1.165, 1.54) is 23.1 Å². The molecule has 1 amide bonds. The minimum Gasteiger partial charge on any atom is -0.669 e. The number of aryl methyl sites for hydroxylation is 1. The van der Waals surface area contributed by atoms with E-state index in [2.05, 4.69) is 0 Å². The number of phenols is 1. The van der Waals surface area contributed by atoms with Gasteiger partial charge in [-0.05, 0) is 35.7 Å². The number of nitrogens with zero attached hydrogens (tertiary/aromatic N) is 1. The average Bonchev–Trinajstić information content (AvgIpc) is 2.68. The highest BCUT2D eigenvalue weighted by atomic mass is 16.6. The first kappa shape index (κ1) is 21.0. The number of hydrogen-bond donors (Lipinski definition) is 4. The third kappa shape index (κ3) is 4.15. The molecule has 2 aliphatic rings. The molecule has 0 saturated carbocycles. The zero-order valence-corrected chi connectivity index (χ0v) is 16.4. The van der Waals surface area contributed by atoms with Crippen LogP contribution in [-0.2, 0) is 11.2 Å². The van der Waals surface area contributed by atoms with Crippen LogP contribution in [0, 0.1) is 0 Å². The number of carboxylic acids is 1. The number of fused-ring (bicyclic) bond motifs is 1. The maximum absolute atomic E-state index is 12.6. The van der Waals surface area contributed by atoms with Gasteiger partial charge >= 0.3 is 6.75 Å². The lowest BCUT2D eigenvalue weighted by Gasteiger charge is -2.41. The normalized spacial score (nSPS) is 18.4. The Hall–Kier alpha value is -3.28. The second kappa shape index (κ2) is 7.76. The third-order valence-electron chi connectivity index (χ3n) is 5.47. The van der Waals surface area contributed by atoms with Crippen molar-refractivity contribution in [1.29, 1.82) is 0 Å². The molecular weight excluding hydrogens is 407 g/mol. The highest BCUT2D eigenvalue weighted by molar-refractivity contribution is 6.59. The summed E-state index contributed by atoms with van der Waals surface area (Å²) in [5.41, 5.74) is 6.67. The van der Waals surface area contributed by atoms with Gasteiger partial charge in [0, 0.05) is 0 Å². The fraction of sp³-hybridized carbons (Fsp3) is 0.300. The molecule has 1 atom stereocenters. The third-order valence-corrected chi connectivity index (χ3v) is 5.47. The van der Waals surface area contributed by atoms with Gasteiger partial charge in [0.05, 0.1) is 30.4 Å². The van der Waals surface area contributed by atoms with E-state index in [1.807, 2.05) is 0 Å². The van der Waals surface area contributed by atoms with Crippen molar-refractivity contribution in [3.63, 3.8) is 0 Å². The molecule has 0 bridgehead atoms. The number of benzene rings is 2. The smallest absolute Gasteiger partial charge is 0.430 e. The van der Waals surface area contributed by atoms with E-state index in [0.717, 1.165) is 0 Å². The molecule has 10 nitrogen and oxygen atoms in total. The fourth-order valence-corrected chi connectivity index (χ4v) is 3.72. The summed E-state index contributed by atoms with van der Waals surface area (Å²) in [7, 11) is 0. The van der Waals surface area contributed by atoms with Gasteiger partial charge in [0.2, 0.25) is 5.91 Å². The Morgan fingerprint density at radius 2 is 1.87 bits per heavy atom. The SMILES string of the molecule is N[C@H](C(=O)N1CC(Oc2ccc3c(c2C(=O)[O-])O[B-](O)(O)CC3)C1)c1ccc(O)cc1. The van der Waals surface area contributed by atoms with Crippen LogP contribution in [0.15, 0.2) is 36.4 Å². The largest absolute Gasteiger partial charge is 0.669 e. The molecule has 2 aliphatic heterocycles. The van der Waals surface area contributed by atoms with Crippen molar-refractivity contribution in [2.75, 3.05) is 13.1 Å². The number of phenolic OH excluding ortho intramolecular Hbond substituents is 1. The molecule has 2 aromatic carbocycles. The summed E-state index contributed by atoms with van der Waals surface area (Å²) in [6.07, 6.45) is -0.279. The molecule has 4 rings (SSSR count). The van der Waals surface area contributed by atoms with Crippen molar-refractivity contribution in [3.8, 4) is 17.2 Å². The first-order chi connectivity index (χ1) is 14.6. The Balaban J connectivity index is 1.44. The first-order valence-corrected chi connectivity index (χ1v) is 9.81. The molecule has 2 heterocycles. The van der Waals surface area contributed by atoms with Gasteiger partial charge in [-0.1, -0.05) is 24.5 Å². The number of carbonyl (C=O) groups excluding carboxylic acids is 2. The molecular formula is C20H21BN2O8-2. The van der Waals surface area contributed by atoms with Crippen LogP contribution in [0.1, 0.15) is 27.5 Å². The summed E-state index contributed by atoms with van der Waals surface area (Å²) >= 11 is 0. The predicted molar refractivity (Wildman–Crippen MR) is 106 cm³/mol. The molecule has 0 aromatic heterocycles. The standard InChI is InChI=1S/C20H22BN2O8/c22-17(11-1-4-13(24)5-2-11)19(25)23-9-14(10-23)30-15-6-3-12-7-8-21(28,29)31-18(12)16(15)20(26)27/h1-6,14,17,24,28-29H,7-10,22H2,(H,26,27)/q-1/p-1/t17-/m0/s1. The van der Waals surface area contributed by atoms with E-state index in [0.29, 0.717) is 11.1 Å². The molecule has 0 aliphatic carbocycles. The van der Waals surface area contributed by atoms with Crippen molar-refractivity contribution in [2.24, 2.45) is 5.73 Å². The van der Waals surface area contributed by atoms with Gasteiger partial charge in [-0.3, -0.25) is 4.79 Å². The number of ether oxygens (including phenoxy) is 1. The number of aromatic carboxylic acids is 1. The minimum absolute atomic E-state index is 0.0350. The second-order valence-electron chi connectivity index (χ2n) is 7.78. The maximum Gasteiger partial charge on any atom is 0.430 e. The Morgan fingerprint density at radius 3 is 2.52 bits per heavy atom. The molecule has 11 heteroatoms. The molecule has 164 valence electrons. The Labute approximate surface area is 177 Å². The lowest BCUT2D eigenvalue weighted by Crippen LogP contribution is -2.58. The van der Waals surface area contributed by atoms with Crippen LogP contribution in [0.25, 0.3) is 0 Å². The minimum atomic E-state index is -3.15. The number of carbonyl (C=O) groups is 2. The molecule has 0 spiro atoms. The monoisotopic (exact) mass is 428 g/mol. The van der Waals surface area contributed by atoms with Crippen molar-refractivity contribution in [3.05, 3.63) is 53.1 Å². The van der Waals surface area contributed by atoms with E-state index < -0.39 is 30.4 Å². The summed E-state index contributed by atoms with van der Waals surface area (Å²) in [5.74, 6) is -2.03. The van der Waals surface area contributed by atoms with Crippen molar-refractivity contribution >= 4 is 18.6 Å². The summed E-state index contributed by atoms with van der Waals surface area (Å²) in [6, 6.07) is 8.18. The van der Waals surface area contributed by atoms with Crippen molar-refractivity contribution in [1.82, 2.24) is 4.90 Å². The van der Waals surface area contributed by atoms with Gasteiger partial charge in [-0.2, -0.15) is 0 Å². The summed E-state index contributed by atoms with van der Waals surface area (Å²) in [4.78, 5) is 25.7. The van der Waals surface area contributed by atoms with Crippen LogP contribution in [-0.4, -0.2) is 57.9 Å². The number of carboxylic acid groups (broad SMARTS) is 1. The van der Waals surface area contributed by atoms with Gasteiger partial charge in [0.15, 0.2) is 0 Å². The number of amides is 1. The van der Waals surface area contributed by atoms with Gasteiger partial charge in [-0.25, -0.2) is 0 Å². The van der Waals surface area contributed by atoms with Gasteiger partial charge in [0.25, 0.3) is 0 Å². The predicted octanol–water partition coefficient (Wildman–Crippen LogP) is -1.10. The van der Waals surface area contributed by atoms with E-state index in [4.69, 9.17) is 15.1 Å². The molecule has 0 unspecified atom stereocenters. The second-order valence-corrected chi connectivity index (χ2v) is 7.78.